The molecule has 1 heterocycles. The smallest absolute Gasteiger partial charge is 0.167 e. The number of fused-ring (bicyclic) bond motifs is 1. The lowest BCUT2D eigenvalue weighted by Crippen LogP contribution is -2.01. The topological polar surface area (TPSA) is 27.1 Å². The summed E-state index contributed by atoms with van der Waals surface area (Å²) in [5, 5.41) is 0. The molecule has 5 heteroatoms. The Morgan fingerprint density at radius 2 is 2.05 bits per heavy atom. The quantitative estimate of drug-likeness (QED) is 0.672. The van der Waals surface area contributed by atoms with Crippen LogP contribution in [0.3, 0.4) is 0 Å². The number of rotatable bonds is 4. The molecule has 0 N–H and O–H groups in total. The first-order valence-corrected chi connectivity index (χ1v) is 7.23. The molecule has 1 aromatic heterocycles. The van der Waals surface area contributed by atoms with Crippen LogP contribution in [0.4, 0.5) is 4.39 Å². The molecule has 0 aliphatic carbocycles. The van der Waals surface area contributed by atoms with Crippen LogP contribution in [0.5, 0.6) is 5.75 Å². The molecule has 3 aromatic rings. The highest BCUT2D eigenvalue weighted by molar-refractivity contribution is 6.17. The second-order valence-electron chi connectivity index (χ2n) is 4.53. The Kier molecular flexibility index (Phi) is 3.80. The zero-order valence-corrected chi connectivity index (χ0v) is 12.3. The van der Waals surface area contributed by atoms with Gasteiger partial charge in [0.2, 0.25) is 0 Å². The summed E-state index contributed by atoms with van der Waals surface area (Å²) >= 11 is 5.97. The summed E-state index contributed by atoms with van der Waals surface area (Å²) in [6.07, 6.45) is 0. The number of alkyl halides is 1. The van der Waals surface area contributed by atoms with Crippen LogP contribution in [0.25, 0.3) is 16.7 Å². The largest absolute Gasteiger partial charge is 0.491 e. The van der Waals surface area contributed by atoms with Crippen molar-refractivity contribution < 1.29 is 9.13 Å². The molecule has 0 saturated heterocycles. The second-order valence-corrected chi connectivity index (χ2v) is 4.80. The highest BCUT2D eigenvalue weighted by Gasteiger charge is 2.13. The van der Waals surface area contributed by atoms with Gasteiger partial charge in [-0.2, -0.15) is 0 Å². The number of aromatic nitrogens is 2. The lowest BCUT2D eigenvalue weighted by Gasteiger charge is -2.10. The fourth-order valence-electron chi connectivity index (χ4n) is 2.36. The molecule has 0 bridgehead atoms. The van der Waals surface area contributed by atoms with Gasteiger partial charge in [-0.05, 0) is 31.2 Å². The van der Waals surface area contributed by atoms with Crippen molar-refractivity contribution in [2.24, 2.45) is 0 Å². The van der Waals surface area contributed by atoms with Crippen LogP contribution in [-0.4, -0.2) is 16.2 Å². The minimum Gasteiger partial charge on any atom is -0.491 e. The molecule has 0 fully saturated rings. The number of hydrogen-bond acceptors (Lipinski definition) is 2. The molecule has 0 atom stereocenters. The Balaban J connectivity index is 2.17. The number of imidazole rings is 1. The van der Waals surface area contributed by atoms with Gasteiger partial charge in [-0.25, -0.2) is 9.37 Å². The van der Waals surface area contributed by atoms with Crippen molar-refractivity contribution in [1.29, 1.82) is 0 Å². The number of para-hydroxylation sites is 2. The average Bonchev–Trinajstić information content (AvgIpc) is 2.88. The minimum atomic E-state index is -0.396. The van der Waals surface area contributed by atoms with Crippen LogP contribution in [0, 0.1) is 5.82 Å². The van der Waals surface area contributed by atoms with E-state index in [4.69, 9.17) is 16.3 Å². The van der Waals surface area contributed by atoms with Crippen LogP contribution < -0.4 is 4.74 Å². The van der Waals surface area contributed by atoms with Gasteiger partial charge in [-0.15, -0.1) is 11.6 Å². The van der Waals surface area contributed by atoms with Crippen molar-refractivity contribution in [2.75, 3.05) is 6.61 Å². The van der Waals surface area contributed by atoms with Crippen LogP contribution in [0.1, 0.15) is 12.7 Å². The van der Waals surface area contributed by atoms with Gasteiger partial charge in [-0.3, -0.25) is 4.57 Å². The summed E-state index contributed by atoms with van der Waals surface area (Å²) in [4.78, 5) is 4.47. The summed E-state index contributed by atoms with van der Waals surface area (Å²) in [6, 6.07) is 12.5. The highest BCUT2D eigenvalue weighted by Crippen LogP contribution is 2.26. The van der Waals surface area contributed by atoms with Crippen molar-refractivity contribution in [2.45, 2.75) is 12.8 Å². The van der Waals surface area contributed by atoms with Crippen molar-refractivity contribution in [3.63, 3.8) is 0 Å². The Labute approximate surface area is 126 Å². The fourth-order valence-corrected chi connectivity index (χ4v) is 2.53. The van der Waals surface area contributed by atoms with E-state index in [9.17, 15) is 4.39 Å². The molecule has 0 unspecified atom stereocenters. The number of nitrogens with zero attached hydrogens (tertiary/aromatic N) is 2. The molecule has 0 saturated carbocycles. The van der Waals surface area contributed by atoms with Gasteiger partial charge in [0.15, 0.2) is 11.6 Å². The summed E-state index contributed by atoms with van der Waals surface area (Å²) in [6.45, 7) is 2.25. The van der Waals surface area contributed by atoms with Crippen molar-refractivity contribution in [3.8, 4) is 11.4 Å². The second kappa shape index (κ2) is 5.74. The van der Waals surface area contributed by atoms with Gasteiger partial charge in [0.25, 0.3) is 0 Å². The molecule has 21 heavy (non-hydrogen) atoms. The van der Waals surface area contributed by atoms with Gasteiger partial charge in [0.05, 0.1) is 29.2 Å². The van der Waals surface area contributed by atoms with Crippen LogP contribution >= 0.6 is 11.6 Å². The summed E-state index contributed by atoms with van der Waals surface area (Å²) in [5.74, 6) is 0.788. The Bertz CT molecular complexity index is 785. The molecule has 0 amide bonds. The van der Waals surface area contributed by atoms with Crippen molar-refractivity contribution >= 4 is 22.6 Å². The summed E-state index contributed by atoms with van der Waals surface area (Å²) in [7, 11) is 0. The zero-order chi connectivity index (χ0) is 14.8. The van der Waals surface area contributed by atoms with Gasteiger partial charge >= 0.3 is 0 Å². The molecule has 0 aliphatic heterocycles. The van der Waals surface area contributed by atoms with Gasteiger partial charge < -0.3 is 4.74 Å². The first-order chi connectivity index (χ1) is 10.2. The third kappa shape index (κ3) is 2.47. The van der Waals surface area contributed by atoms with E-state index in [-0.39, 0.29) is 11.6 Å². The average molecular weight is 305 g/mol. The van der Waals surface area contributed by atoms with Gasteiger partial charge in [-0.1, -0.05) is 12.1 Å². The lowest BCUT2D eigenvalue weighted by molar-refractivity contribution is 0.321. The van der Waals surface area contributed by atoms with E-state index in [1.54, 1.807) is 12.1 Å². The monoisotopic (exact) mass is 304 g/mol. The molecule has 3 rings (SSSR count). The van der Waals surface area contributed by atoms with E-state index in [1.165, 1.54) is 6.07 Å². The Morgan fingerprint density at radius 1 is 1.24 bits per heavy atom. The van der Waals surface area contributed by atoms with Crippen molar-refractivity contribution in [1.82, 2.24) is 9.55 Å². The van der Waals surface area contributed by atoms with Crippen LogP contribution in [0.2, 0.25) is 0 Å². The molecule has 3 nitrogen and oxygen atoms in total. The maximum absolute atomic E-state index is 14.1. The predicted molar refractivity (Wildman–Crippen MR) is 81.8 cm³/mol. The molecule has 2 aromatic carbocycles. The third-order valence-corrected chi connectivity index (χ3v) is 3.46. The first kappa shape index (κ1) is 13.9. The Morgan fingerprint density at radius 3 is 2.76 bits per heavy atom. The predicted octanol–water partition coefficient (Wildman–Crippen LogP) is 4.30. The number of halogens is 2. The lowest BCUT2D eigenvalue weighted by atomic mass is 10.2. The maximum atomic E-state index is 14.1. The molecular formula is C16H14ClFN2O. The minimum absolute atomic E-state index is 0.248. The van der Waals surface area contributed by atoms with Gasteiger partial charge in [0.1, 0.15) is 5.82 Å². The molecule has 108 valence electrons. The van der Waals surface area contributed by atoms with E-state index in [0.717, 1.165) is 11.0 Å². The molecule has 0 aliphatic rings. The van der Waals surface area contributed by atoms with Crippen LogP contribution in [0.15, 0.2) is 42.5 Å². The maximum Gasteiger partial charge on any atom is 0.167 e. The standard InChI is InChI=1S/C16H14ClFN2O/c1-2-21-15-8-7-11(9-12(15)18)20-14-6-4-3-5-13(14)19-16(20)10-17/h3-9H,2,10H2,1H3. The van der Waals surface area contributed by atoms with E-state index < -0.39 is 5.82 Å². The van der Waals surface area contributed by atoms with Crippen molar-refractivity contribution in [3.05, 3.63) is 54.1 Å². The van der Waals surface area contributed by atoms with Gasteiger partial charge in [0, 0.05) is 6.07 Å². The molecule has 0 radical (unpaired) electrons. The summed E-state index contributed by atoms with van der Waals surface area (Å²) < 4.78 is 21.2. The Hall–Kier alpha value is -2.07. The summed E-state index contributed by atoms with van der Waals surface area (Å²) in [5.41, 5.74) is 2.42. The number of benzene rings is 2. The van der Waals surface area contributed by atoms with E-state index in [2.05, 4.69) is 4.98 Å². The highest BCUT2D eigenvalue weighted by atomic mass is 35.5. The normalized spacial score (nSPS) is 11.0. The van der Waals surface area contributed by atoms with Crippen LogP contribution in [-0.2, 0) is 5.88 Å². The number of hydrogen-bond donors (Lipinski definition) is 0. The van der Waals surface area contributed by atoms with E-state index in [0.29, 0.717) is 18.1 Å². The van der Waals surface area contributed by atoms with E-state index in [1.807, 2.05) is 35.8 Å². The SMILES string of the molecule is CCOc1ccc(-n2c(CCl)nc3ccccc32)cc1F. The zero-order valence-electron chi connectivity index (χ0n) is 11.5. The molecular weight excluding hydrogens is 291 g/mol. The fraction of sp³-hybridized carbons (Fsp3) is 0.188. The third-order valence-electron chi connectivity index (χ3n) is 3.22. The molecule has 0 spiro atoms. The number of ether oxygens (including phenoxy) is 1. The van der Waals surface area contributed by atoms with E-state index >= 15 is 0 Å². The first-order valence-electron chi connectivity index (χ1n) is 6.69.